The SMILES string of the molecule is O=C(/C=C/c1ccc(O)cc1)OC[C@H]1O[C@@H](Oc2ccc(/C=C/C(=O)OC[C@H]3OC(O)[C@H](O)[C@@H](O[C@@H]4O[C@H](CO)[C@@H](O)[C@H](O)[C@H]4O)[C@@H]3O)cc2O)[C@H](O)[C@@H](O)[C@@H]1O. The maximum atomic E-state index is 12.5. The van der Waals surface area contributed by atoms with Gasteiger partial charge in [-0.15, -0.1) is 0 Å². The third-order valence-electron chi connectivity index (χ3n) is 9.19. The van der Waals surface area contributed by atoms with Crippen molar-refractivity contribution < 1.29 is 104 Å². The van der Waals surface area contributed by atoms with Crippen LogP contribution in [-0.4, -0.2) is 185 Å². The van der Waals surface area contributed by atoms with Crippen molar-refractivity contribution in [2.45, 2.75) is 92.1 Å². The summed E-state index contributed by atoms with van der Waals surface area (Å²) in [6.45, 7) is -2.03. The van der Waals surface area contributed by atoms with Gasteiger partial charge >= 0.3 is 11.9 Å². The fourth-order valence-electron chi connectivity index (χ4n) is 5.90. The molecule has 3 aliphatic rings. The molecule has 0 bridgehead atoms. The largest absolute Gasteiger partial charge is 0.508 e. The summed E-state index contributed by atoms with van der Waals surface area (Å²) in [4.78, 5) is 24.7. The molecule has 15 atom stereocenters. The molecule has 21 heteroatoms. The molecule has 3 saturated heterocycles. The minimum Gasteiger partial charge on any atom is -0.508 e. The number of phenolic OH excluding ortho intramolecular Hbond substituents is 2. The number of benzene rings is 2. The molecule has 3 heterocycles. The van der Waals surface area contributed by atoms with Crippen molar-refractivity contribution in [2.75, 3.05) is 19.8 Å². The molecule has 0 saturated carbocycles. The Balaban J connectivity index is 1.12. The van der Waals surface area contributed by atoms with Crippen LogP contribution in [0, 0.1) is 0 Å². The maximum Gasteiger partial charge on any atom is 0.330 e. The van der Waals surface area contributed by atoms with Crippen LogP contribution in [0.3, 0.4) is 0 Å². The summed E-state index contributed by atoms with van der Waals surface area (Å²) in [6.07, 6.45) is -21.2. The van der Waals surface area contributed by atoms with E-state index >= 15 is 0 Å². The van der Waals surface area contributed by atoms with E-state index in [1.54, 1.807) is 12.1 Å². The molecule has 3 aliphatic heterocycles. The normalized spacial score (nSPS) is 35.9. The molecule has 0 amide bonds. The fourth-order valence-corrected chi connectivity index (χ4v) is 5.90. The molecular weight excluding hydrogens is 768 g/mol. The summed E-state index contributed by atoms with van der Waals surface area (Å²) in [6, 6.07) is 9.68. The topological polar surface area (TPSA) is 342 Å². The molecule has 0 aliphatic carbocycles. The van der Waals surface area contributed by atoms with Gasteiger partial charge in [-0.05, 0) is 47.5 Å². The van der Waals surface area contributed by atoms with Gasteiger partial charge in [-0.1, -0.05) is 18.2 Å². The average Bonchev–Trinajstić information content (AvgIpc) is 3.19. The van der Waals surface area contributed by atoms with E-state index in [0.29, 0.717) is 5.56 Å². The predicted octanol–water partition coefficient (Wildman–Crippen LogP) is -4.28. The van der Waals surface area contributed by atoms with Gasteiger partial charge in [-0.3, -0.25) is 0 Å². The highest BCUT2D eigenvalue weighted by Crippen LogP contribution is 2.32. The summed E-state index contributed by atoms with van der Waals surface area (Å²) < 4.78 is 37.0. The highest BCUT2D eigenvalue weighted by molar-refractivity contribution is 5.87. The Kier molecular flexibility index (Phi) is 14.9. The number of carbonyl (C=O) groups excluding carboxylic acids is 2. The van der Waals surface area contributed by atoms with E-state index < -0.39 is 130 Å². The molecule has 21 nitrogen and oxygen atoms in total. The Labute approximate surface area is 322 Å². The number of aromatic hydroxyl groups is 2. The van der Waals surface area contributed by atoms with Crippen LogP contribution in [0.2, 0.25) is 0 Å². The van der Waals surface area contributed by atoms with Crippen LogP contribution in [0.4, 0.5) is 0 Å². The Bertz CT molecular complexity index is 1700. The summed E-state index contributed by atoms with van der Waals surface area (Å²) in [5.74, 6) is -2.54. The second-order valence-corrected chi connectivity index (χ2v) is 13.2. The van der Waals surface area contributed by atoms with E-state index in [2.05, 4.69) is 0 Å². The molecule has 5 rings (SSSR count). The number of carbonyl (C=O) groups is 2. The Hall–Kier alpha value is -4.30. The molecular formula is C36H44O21. The van der Waals surface area contributed by atoms with Crippen LogP contribution in [0.1, 0.15) is 11.1 Å². The number of aliphatic hydroxyl groups excluding tert-OH is 10. The van der Waals surface area contributed by atoms with Crippen molar-refractivity contribution in [3.63, 3.8) is 0 Å². The van der Waals surface area contributed by atoms with Crippen molar-refractivity contribution in [3.8, 4) is 17.2 Å². The first-order valence-corrected chi connectivity index (χ1v) is 17.4. The zero-order valence-electron chi connectivity index (χ0n) is 29.7. The number of phenols is 2. The quantitative estimate of drug-likeness (QED) is 0.0673. The van der Waals surface area contributed by atoms with Gasteiger partial charge in [-0.2, -0.15) is 0 Å². The van der Waals surface area contributed by atoms with Crippen molar-refractivity contribution >= 4 is 24.1 Å². The maximum absolute atomic E-state index is 12.5. The molecule has 0 radical (unpaired) electrons. The lowest BCUT2D eigenvalue weighted by Gasteiger charge is -2.45. The lowest BCUT2D eigenvalue weighted by molar-refractivity contribution is -0.355. The van der Waals surface area contributed by atoms with Crippen molar-refractivity contribution in [3.05, 3.63) is 65.7 Å². The average molecular weight is 813 g/mol. The second-order valence-electron chi connectivity index (χ2n) is 13.2. The lowest BCUT2D eigenvalue weighted by Crippen LogP contribution is -2.64. The molecule has 1 unspecified atom stereocenters. The lowest BCUT2D eigenvalue weighted by atomic mass is 9.97. The first kappa shape index (κ1) is 43.8. The van der Waals surface area contributed by atoms with Gasteiger partial charge in [0.15, 0.2) is 24.1 Å². The van der Waals surface area contributed by atoms with E-state index in [9.17, 15) is 70.9 Å². The van der Waals surface area contributed by atoms with Crippen molar-refractivity contribution in [1.29, 1.82) is 0 Å². The number of aliphatic hydroxyl groups is 10. The van der Waals surface area contributed by atoms with Crippen LogP contribution in [0.25, 0.3) is 12.2 Å². The molecule has 12 N–H and O–H groups in total. The fraction of sp³-hybridized carbons (Fsp3) is 0.500. The molecule has 2 aromatic carbocycles. The van der Waals surface area contributed by atoms with Crippen LogP contribution in [0.5, 0.6) is 17.2 Å². The highest BCUT2D eigenvalue weighted by atomic mass is 16.7. The number of esters is 2. The van der Waals surface area contributed by atoms with E-state index in [1.165, 1.54) is 36.4 Å². The number of ether oxygens (including phenoxy) is 7. The predicted molar refractivity (Wildman–Crippen MR) is 185 cm³/mol. The first-order chi connectivity index (χ1) is 27.1. The number of rotatable bonds is 13. The van der Waals surface area contributed by atoms with Gasteiger partial charge in [0.05, 0.1) is 6.61 Å². The van der Waals surface area contributed by atoms with Crippen molar-refractivity contribution in [1.82, 2.24) is 0 Å². The van der Waals surface area contributed by atoms with E-state index in [1.807, 2.05) is 0 Å². The minimum absolute atomic E-state index is 0.0385. The molecule has 2 aromatic rings. The Morgan fingerprint density at radius 2 is 1.12 bits per heavy atom. The van der Waals surface area contributed by atoms with Gasteiger partial charge in [0.1, 0.15) is 92.2 Å². The zero-order chi connectivity index (χ0) is 41.6. The van der Waals surface area contributed by atoms with E-state index in [4.69, 9.17) is 33.2 Å². The summed E-state index contributed by atoms with van der Waals surface area (Å²) >= 11 is 0. The van der Waals surface area contributed by atoms with Gasteiger partial charge < -0.3 is 94.4 Å². The zero-order valence-corrected chi connectivity index (χ0v) is 29.7. The van der Waals surface area contributed by atoms with E-state index in [-0.39, 0.29) is 17.1 Å². The van der Waals surface area contributed by atoms with Crippen LogP contribution in [-0.2, 0) is 38.0 Å². The number of hydrogen-bond donors (Lipinski definition) is 12. The Morgan fingerprint density at radius 1 is 0.596 bits per heavy atom. The third kappa shape index (κ3) is 10.8. The Morgan fingerprint density at radius 3 is 1.72 bits per heavy atom. The smallest absolute Gasteiger partial charge is 0.330 e. The second kappa shape index (κ2) is 19.4. The standard InChI is InChI=1S/C36H44O21/c37-12-20-25(42)28(45)31(48)36(55-20)57-33-27(44)22(53-34(50)32(33)49)14-52-24(41)10-5-16-3-8-19(18(39)11-16)54-35-30(47)29(46)26(43)21(56-35)13-51-23(40)9-4-15-1-6-17(38)7-2-15/h1-11,20-22,25-39,42-50H,12-14H2/b9-4+,10-5+/t20-,21-,22-,25-,26-,27-,28+,29+,30-,31-,32-,33+,34?,35-,36+/m1/s1. The summed E-state index contributed by atoms with van der Waals surface area (Å²) in [5, 5.41) is 122. The molecule has 314 valence electrons. The van der Waals surface area contributed by atoms with Crippen LogP contribution in [0.15, 0.2) is 54.6 Å². The van der Waals surface area contributed by atoms with Gasteiger partial charge in [0.25, 0.3) is 0 Å². The number of hydrogen-bond acceptors (Lipinski definition) is 21. The van der Waals surface area contributed by atoms with Crippen LogP contribution >= 0.6 is 0 Å². The monoisotopic (exact) mass is 812 g/mol. The summed E-state index contributed by atoms with van der Waals surface area (Å²) in [5.41, 5.74) is 0.811. The van der Waals surface area contributed by atoms with E-state index in [0.717, 1.165) is 18.2 Å². The molecule has 3 fully saturated rings. The highest BCUT2D eigenvalue weighted by Gasteiger charge is 2.51. The molecule has 0 spiro atoms. The molecule has 0 aromatic heterocycles. The molecule has 57 heavy (non-hydrogen) atoms. The van der Waals surface area contributed by atoms with Crippen molar-refractivity contribution in [2.24, 2.45) is 0 Å². The van der Waals surface area contributed by atoms with Gasteiger partial charge in [-0.25, -0.2) is 9.59 Å². The summed E-state index contributed by atoms with van der Waals surface area (Å²) in [7, 11) is 0. The third-order valence-corrected chi connectivity index (χ3v) is 9.19. The minimum atomic E-state index is -1.98. The van der Waals surface area contributed by atoms with Gasteiger partial charge in [0.2, 0.25) is 6.29 Å². The first-order valence-electron chi connectivity index (χ1n) is 17.4. The van der Waals surface area contributed by atoms with Crippen LogP contribution < -0.4 is 4.74 Å². The van der Waals surface area contributed by atoms with Gasteiger partial charge in [0, 0.05) is 12.2 Å².